The van der Waals surface area contributed by atoms with Crippen LogP contribution >= 0.6 is 0 Å². The molecule has 8 heteroatoms. The molecule has 3 aromatic carbocycles. The third-order valence-electron chi connectivity index (χ3n) is 7.61. The monoisotopic (exact) mass is 544 g/mol. The van der Waals surface area contributed by atoms with Gasteiger partial charge < -0.3 is 9.97 Å². The van der Waals surface area contributed by atoms with Crippen LogP contribution in [0.2, 0.25) is 0 Å². The molecule has 0 radical (unpaired) electrons. The first kappa shape index (κ1) is 24.1. The fraction of sp³-hybridized carbons (Fsp3) is 0.0588. The molecular weight excluding hydrogens is 520 g/mol. The molecule has 6 aromatic rings. The maximum absolute atomic E-state index is 5.05. The highest BCUT2D eigenvalue weighted by atomic mass is 15.1. The SMILES string of the molecule is C=Cc1c(/C=C\C)c2nc3nc(nc4[nH]c(nc5nc(nc1[nH]2)-c1ccccc1-5)c1cc(C)ccc41)-c1ccccc1-3. The maximum atomic E-state index is 5.05. The van der Waals surface area contributed by atoms with E-state index in [4.69, 9.17) is 29.9 Å². The summed E-state index contributed by atoms with van der Waals surface area (Å²) < 4.78 is 0. The van der Waals surface area contributed by atoms with Crippen LogP contribution in [0, 0.1) is 6.92 Å². The summed E-state index contributed by atoms with van der Waals surface area (Å²) in [4.78, 5) is 36.9. The summed E-state index contributed by atoms with van der Waals surface area (Å²) in [5.41, 5.74) is 9.07. The zero-order chi connectivity index (χ0) is 28.4. The number of H-pyrrole nitrogens is 2. The van der Waals surface area contributed by atoms with E-state index >= 15 is 0 Å². The predicted octanol–water partition coefficient (Wildman–Crippen LogP) is 7.70. The van der Waals surface area contributed by atoms with Crippen molar-refractivity contribution >= 4 is 45.5 Å². The van der Waals surface area contributed by atoms with Crippen molar-refractivity contribution in [2.75, 3.05) is 0 Å². The van der Waals surface area contributed by atoms with Crippen LogP contribution in [0.5, 0.6) is 0 Å². The average Bonchev–Trinajstić information content (AvgIpc) is 3.72. The average molecular weight is 545 g/mol. The van der Waals surface area contributed by atoms with Gasteiger partial charge in [0.2, 0.25) is 0 Å². The normalized spacial score (nSPS) is 12.0. The zero-order valence-electron chi connectivity index (χ0n) is 23.0. The molecule has 0 amide bonds. The van der Waals surface area contributed by atoms with Crippen LogP contribution in [0.1, 0.15) is 23.6 Å². The summed E-state index contributed by atoms with van der Waals surface area (Å²) in [6, 6.07) is 22.3. The van der Waals surface area contributed by atoms with Gasteiger partial charge in [-0.25, -0.2) is 29.9 Å². The molecule has 42 heavy (non-hydrogen) atoms. The number of rotatable bonds is 2. The van der Waals surface area contributed by atoms with Gasteiger partial charge in [0.15, 0.2) is 23.3 Å². The number of allylic oxidation sites excluding steroid dienone is 1. The van der Waals surface area contributed by atoms with Crippen LogP contribution in [-0.4, -0.2) is 39.9 Å². The number of nitrogens with one attached hydrogen (secondary N) is 2. The van der Waals surface area contributed by atoms with Crippen molar-refractivity contribution in [3.8, 4) is 45.6 Å². The number of hydrogen-bond donors (Lipinski definition) is 2. The van der Waals surface area contributed by atoms with E-state index in [2.05, 4.69) is 41.7 Å². The molecule has 8 nitrogen and oxygen atoms in total. The molecule has 2 aliphatic rings. The molecule has 0 atom stereocenters. The quantitative estimate of drug-likeness (QED) is 0.231. The van der Waals surface area contributed by atoms with Gasteiger partial charge in [-0.05, 0) is 19.9 Å². The fourth-order valence-electron chi connectivity index (χ4n) is 5.66. The van der Waals surface area contributed by atoms with Crippen LogP contribution in [0.25, 0.3) is 91.1 Å². The van der Waals surface area contributed by atoms with E-state index in [0.717, 1.165) is 49.7 Å². The third kappa shape index (κ3) is 3.62. The number of fused-ring (bicyclic) bond motifs is 17. The number of hydrogen-bond acceptors (Lipinski definition) is 6. The Bertz CT molecular complexity index is 2310. The van der Waals surface area contributed by atoms with Gasteiger partial charge in [0.05, 0.1) is 0 Å². The number of nitrogens with zero attached hydrogens (tertiary/aromatic N) is 6. The Hall–Kier alpha value is -5.76. The first-order valence-electron chi connectivity index (χ1n) is 13.7. The zero-order valence-corrected chi connectivity index (χ0v) is 23.0. The highest BCUT2D eigenvalue weighted by Gasteiger charge is 2.22. The van der Waals surface area contributed by atoms with Crippen molar-refractivity contribution in [2.45, 2.75) is 13.8 Å². The lowest BCUT2D eigenvalue weighted by molar-refractivity contribution is 1.19. The minimum Gasteiger partial charge on any atom is -0.324 e. The molecule has 0 fully saturated rings. The van der Waals surface area contributed by atoms with E-state index in [0.29, 0.717) is 45.9 Å². The van der Waals surface area contributed by atoms with Gasteiger partial charge in [0.1, 0.15) is 22.6 Å². The molecule has 0 saturated heterocycles. The lowest BCUT2D eigenvalue weighted by atomic mass is 10.1. The molecule has 0 spiro atoms. The Labute approximate surface area is 240 Å². The highest BCUT2D eigenvalue weighted by Crippen LogP contribution is 2.36. The lowest BCUT2D eigenvalue weighted by Gasteiger charge is -1.97. The third-order valence-corrected chi connectivity index (χ3v) is 7.61. The summed E-state index contributed by atoms with van der Waals surface area (Å²) in [6.07, 6.45) is 5.77. The number of aromatic amines is 2. The van der Waals surface area contributed by atoms with Gasteiger partial charge in [-0.1, -0.05) is 91.0 Å². The number of aromatic nitrogens is 8. The first-order valence-corrected chi connectivity index (χ1v) is 13.7. The van der Waals surface area contributed by atoms with Gasteiger partial charge in [-0.15, -0.1) is 0 Å². The van der Waals surface area contributed by atoms with Crippen molar-refractivity contribution in [3.05, 3.63) is 96.1 Å². The Morgan fingerprint density at radius 1 is 0.571 bits per heavy atom. The van der Waals surface area contributed by atoms with E-state index < -0.39 is 0 Å². The molecule has 0 unspecified atom stereocenters. The fourth-order valence-corrected chi connectivity index (χ4v) is 5.66. The van der Waals surface area contributed by atoms with E-state index in [-0.39, 0.29) is 0 Å². The Morgan fingerprint density at radius 3 is 1.57 bits per heavy atom. The topological polar surface area (TPSA) is 109 Å². The summed E-state index contributed by atoms with van der Waals surface area (Å²) in [6.45, 7) is 8.12. The summed E-state index contributed by atoms with van der Waals surface area (Å²) in [5, 5.41) is 1.91. The molecule has 200 valence electrons. The second kappa shape index (κ2) is 9.14. The van der Waals surface area contributed by atoms with Crippen LogP contribution in [0.15, 0.2) is 79.4 Å². The molecule has 0 saturated carbocycles. The standard InChI is InChI=1S/C34H24N8/c1-4-10-20-19(5-2)27-35-28(20)37-30-22-12-7-8-13-23(22)31(39-30)40-33-25-16-15-18(3)17-26(25)34(42-33)41-32-24-14-9-6-11-21(24)29(36-27)38-32/h4-17H,2H2,1,3H3,(H2,35,36,37,38,39,40,41,42)/b10-4-. The first-order chi connectivity index (χ1) is 20.6. The summed E-state index contributed by atoms with van der Waals surface area (Å²) >= 11 is 0. The van der Waals surface area contributed by atoms with E-state index in [9.17, 15) is 0 Å². The van der Waals surface area contributed by atoms with Crippen molar-refractivity contribution in [3.63, 3.8) is 0 Å². The van der Waals surface area contributed by atoms with Crippen LogP contribution in [0.3, 0.4) is 0 Å². The second-order valence-electron chi connectivity index (χ2n) is 10.3. The van der Waals surface area contributed by atoms with Crippen molar-refractivity contribution in [2.24, 2.45) is 0 Å². The molecule has 2 aliphatic heterocycles. The van der Waals surface area contributed by atoms with Gasteiger partial charge >= 0.3 is 0 Å². The Morgan fingerprint density at radius 2 is 1.05 bits per heavy atom. The number of benzene rings is 3. The van der Waals surface area contributed by atoms with Gasteiger partial charge in [-0.3, -0.25) is 0 Å². The van der Waals surface area contributed by atoms with E-state index in [1.54, 1.807) is 6.08 Å². The largest absolute Gasteiger partial charge is 0.324 e. The molecule has 0 aliphatic carbocycles. The predicted molar refractivity (Wildman–Crippen MR) is 168 cm³/mol. The van der Waals surface area contributed by atoms with Crippen molar-refractivity contribution < 1.29 is 0 Å². The lowest BCUT2D eigenvalue weighted by Crippen LogP contribution is -1.83. The second-order valence-corrected chi connectivity index (χ2v) is 10.3. The molecular formula is C34H24N8. The maximum Gasteiger partial charge on any atom is 0.164 e. The van der Waals surface area contributed by atoms with Gasteiger partial charge in [0.25, 0.3) is 0 Å². The molecule has 8 rings (SSSR count). The van der Waals surface area contributed by atoms with Gasteiger partial charge in [0, 0.05) is 44.2 Å². The summed E-state index contributed by atoms with van der Waals surface area (Å²) in [7, 11) is 0. The van der Waals surface area contributed by atoms with Crippen LogP contribution in [0.4, 0.5) is 0 Å². The molecule has 3 aromatic heterocycles. The highest BCUT2D eigenvalue weighted by molar-refractivity contribution is 6.05. The summed E-state index contributed by atoms with van der Waals surface area (Å²) in [5.74, 6) is 2.30. The molecule has 8 bridgehead atoms. The van der Waals surface area contributed by atoms with Crippen LogP contribution in [-0.2, 0) is 0 Å². The molecule has 5 heterocycles. The Kier molecular flexibility index (Phi) is 5.24. The minimum absolute atomic E-state index is 0.565. The smallest absolute Gasteiger partial charge is 0.164 e. The van der Waals surface area contributed by atoms with Gasteiger partial charge in [-0.2, -0.15) is 0 Å². The van der Waals surface area contributed by atoms with E-state index in [1.165, 1.54) is 0 Å². The van der Waals surface area contributed by atoms with Crippen molar-refractivity contribution in [1.82, 2.24) is 39.9 Å². The van der Waals surface area contributed by atoms with Crippen molar-refractivity contribution in [1.29, 1.82) is 0 Å². The van der Waals surface area contributed by atoms with Crippen LogP contribution < -0.4 is 0 Å². The van der Waals surface area contributed by atoms with E-state index in [1.807, 2.05) is 67.6 Å². The minimum atomic E-state index is 0.565. The Balaban J connectivity index is 1.60. The number of aryl methyl sites for hydroxylation is 1. The molecule has 2 N–H and O–H groups in total.